The Bertz CT molecular complexity index is 455. The van der Waals surface area contributed by atoms with Crippen molar-refractivity contribution >= 4 is 5.97 Å². The highest BCUT2D eigenvalue weighted by Crippen LogP contribution is 2.32. The van der Waals surface area contributed by atoms with Crippen LogP contribution in [0.1, 0.15) is 37.3 Å². The van der Waals surface area contributed by atoms with E-state index in [0.29, 0.717) is 5.92 Å². The van der Waals surface area contributed by atoms with E-state index in [1.54, 1.807) is 0 Å². The second kappa shape index (κ2) is 6.40. The van der Waals surface area contributed by atoms with Gasteiger partial charge in [0.15, 0.2) is 0 Å². The Morgan fingerprint density at radius 3 is 2.55 bits per heavy atom. The second-order valence-electron chi connectivity index (χ2n) is 6.33. The van der Waals surface area contributed by atoms with E-state index in [4.69, 9.17) is 0 Å². The Balaban J connectivity index is 2.06. The van der Waals surface area contributed by atoms with Crippen molar-refractivity contribution in [1.29, 1.82) is 0 Å². The number of carbonyl (C=O) groups is 1. The smallest absolute Gasteiger partial charge is 0.308 e. The molecule has 3 heteroatoms. The molecule has 0 aliphatic heterocycles. The first-order valence-corrected chi connectivity index (χ1v) is 7.46. The third-order valence-corrected chi connectivity index (χ3v) is 4.51. The van der Waals surface area contributed by atoms with Crippen molar-refractivity contribution < 1.29 is 9.90 Å². The van der Waals surface area contributed by atoms with Crippen molar-refractivity contribution in [1.82, 2.24) is 4.90 Å². The summed E-state index contributed by atoms with van der Waals surface area (Å²) in [6.07, 6.45) is 2.82. The highest BCUT2D eigenvalue weighted by Gasteiger charge is 2.35. The normalized spacial score (nSPS) is 26.7. The quantitative estimate of drug-likeness (QED) is 0.916. The van der Waals surface area contributed by atoms with Crippen molar-refractivity contribution in [3.05, 3.63) is 35.4 Å². The van der Waals surface area contributed by atoms with Gasteiger partial charge >= 0.3 is 5.97 Å². The van der Waals surface area contributed by atoms with Gasteiger partial charge in [-0.05, 0) is 44.7 Å². The van der Waals surface area contributed by atoms with Crippen LogP contribution < -0.4 is 0 Å². The maximum absolute atomic E-state index is 11.4. The van der Waals surface area contributed by atoms with E-state index in [1.165, 1.54) is 11.1 Å². The fourth-order valence-corrected chi connectivity index (χ4v) is 3.22. The molecule has 2 rings (SSSR count). The standard InChI is InChI=1S/C17H25NO2/c1-12-4-7-14(8-5-12)11-18(3)16-10-13(2)6-9-15(16)17(19)20/h4-5,7-8,13,15-16H,6,9-11H2,1-3H3,(H,19,20). The van der Waals surface area contributed by atoms with Gasteiger partial charge in [-0.1, -0.05) is 36.8 Å². The molecule has 1 N–H and O–H groups in total. The Labute approximate surface area is 121 Å². The molecular formula is C17H25NO2. The molecule has 0 amide bonds. The minimum absolute atomic E-state index is 0.151. The third kappa shape index (κ3) is 3.60. The van der Waals surface area contributed by atoms with Crippen LogP contribution >= 0.6 is 0 Å². The Hall–Kier alpha value is -1.35. The summed E-state index contributed by atoms with van der Waals surface area (Å²) in [5.74, 6) is -0.240. The molecule has 1 aromatic carbocycles. The molecular weight excluding hydrogens is 250 g/mol. The second-order valence-corrected chi connectivity index (χ2v) is 6.33. The molecule has 20 heavy (non-hydrogen) atoms. The first kappa shape index (κ1) is 15.0. The van der Waals surface area contributed by atoms with Crippen LogP contribution in [0.5, 0.6) is 0 Å². The minimum Gasteiger partial charge on any atom is -0.481 e. The molecule has 1 saturated carbocycles. The average Bonchev–Trinajstić information content (AvgIpc) is 2.41. The number of hydrogen-bond acceptors (Lipinski definition) is 2. The van der Waals surface area contributed by atoms with Gasteiger partial charge in [-0.25, -0.2) is 0 Å². The summed E-state index contributed by atoms with van der Waals surface area (Å²) in [6, 6.07) is 8.64. The molecule has 0 heterocycles. The van der Waals surface area contributed by atoms with Gasteiger partial charge in [0.05, 0.1) is 5.92 Å². The van der Waals surface area contributed by atoms with Crippen molar-refractivity contribution in [2.24, 2.45) is 11.8 Å². The number of nitrogens with zero attached hydrogens (tertiary/aromatic N) is 1. The monoisotopic (exact) mass is 275 g/mol. The Morgan fingerprint density at radius 2 is 1.95 bits per heavy atom. The zero-order chi connectivity index (χ0) is 14.7. The molecule has 3 unspecified atom stereocenters. The maximum Gasteiger partial charge on any atom is 0.308 e. The zero-order valence-corrected chi connectivity index (χ0v) is 12.7. The average molecular weight is 275 g/mol. The van der Waals surface area contributed by atoms with E-state index in [2.05, 4.69) is 50.1 Å². The molecule has 3 atom stereocenters. The molecule has 1 aliphatic rings. The van der Waals surface area contributed by atoms with Crippen molar-refractivity contribution in [2.45, 2.75) is 45.7 Å². The summed E-state index contributed by atoms with van der Waals surface area (Å²) in [6.45, 7) is 5.13. The molecule has 0 aromatic heterocycles. The minimum atomic E-state index is -0.641. The van der Waals surface area contributed by atoms with Crippen LogP contribution in [0.3, 0.4) is 0 Å². The van der Waals surface area contributed by atoms with E-state index in [9.17, 15) is 9.90 Å². The predicted octanol–water partition coefficient (Wildman–Crippen LogP) is 3.32. The first-order chi connectivity index (χ1) is 9.47. The van der Waals surface area contributed by atoms with Gasteiger partial charge in [-0.15, -0.1) is 0 Å². The van der Waals surface area contributed by atoms with Gasteiger partial charge in [0.25, 0.3) is 0 Å². The van der Waals surface area contributed by atoms with Crippen molar-refractivity contribution in [3.8, 4) is 0 Å². The Kier molecular flexibility index (Phi) is 4.81. The van der Waals surface area contributed by atoms with Crippen LogP contribution in [0.2, 0.25) is 0 Å². The van der Waals surface area contributed by atoms with E-state index in [1.807, 2.05) is 0 Å². The van der Waals surface area contributed by atoms with Crippen molar-refractivity contribution in [3.63, 3.8) is 0 Å². The fraction of sp³-hybridized carbons (Fsp3) is 0.588. The van der Waals surface area contributed by atoms with Crippen LogP contribution in [0.25, 0.3) is 0 Å². The highest BCUT2D eigenvalue weighted by atomic mass is 16.4. The SMILES string of the molecule is Cc1ccc(CN(C)C2CC(C)CCC2C(=O)O)cc1. The summed E-state index contributed by atoms with van der Waals surface area (Å²) in [7, 11) is 2.05. The topological polar surface area (TPSA) is 40.5 Å². The molecule has 0 bridgehead atoms. The molecule has 1 aliphatic carbocycles. The fourth-order valence-electron chi connectivity index (χ4n) is 3.22. The number of hydrogen-bond donors (Lipinski definition) is 1. The van der Waals surface area contributed by atoms with Gasteiger partial charge in [0, 0.05) is 12.6 Å². The number of aryl methyl sites for hydroxylation is 1. The summed E-state index contributed by atoms with van der Waals surface area (Å²) in [4.78, 5) is 13.7. The van der Waals surface area contributed by atoms with Gasteiger partial charge in [0.1, 0.15) is 0 Å². The van der Waals surface area contributed by atoms with E-state index in [-0.39, 0.29) is 12.0 Å². The zero-order valence-electron chi connectivity index (χ0n) is 12.7. The lowest BCUT2D eigenvalue weighted by molar-refractivity contribution is -0.146. The van der Waals surface area contributed by atoms with Crippen molar-refractivity contribution in [2.75, 3.05) is 7.05 Å². The number of carboxylic acids is 1. The first-order valence-electron chi connectivity index (χ1n) is 7.46. The molecule has 3 nitrogen and oxygen atoms in total. The number of benzene rings is 1. The number of rotatable bonds is 4. The number of aliphatic carboxylic acids is 1. The molecule has 1 aromatic rings. The summed E-state index contributed by atoms with van der Waals surface area (Å²) in [5.41, 5.74) is 2.51. The van der Waals surface area contributed by atoms with E-state index in [0.717, 1.165) is 25.8 Å². The largest absolute Gasteiger partial charge is 0.481 e. The van der Waals surface area contributed by atoms with Gasteiger partial charge in [0.2, 0.25) is 0 Å². The van der Waals surface area contributed by atoms with Crippen LogP contribution in [-0.2, 0) is 11.3 Å². The molecule has 110 valence electrons. The highest BCUT2D eigenvalue weighted by molar-refractivity contribution is 5.71. The predicted molar refractivity (Wildman–Crippen MR) is 80.6 cm³/mol. The van der Waals surface area contributed by atoms with Gasteiger partial charge in [-0.3, -0.25) is 9.69 Å². The molecule has 0 radical (unpaired) electrons. The number of carboxylic acid groups (broad SMARTS) is 1. The van der Waals surface area contributed by atoms with Crippen LogP contribution in [0.15, 0.2) is 24.3 Å². The summed E-state index contributed by atoms with van der Waals surface area (Å²) in [5, 5.41) is 9.42. The Morgan fingerprint density at radius 1 is 1.30 bits per heavy atom. The lowest BCUT2D eigenvalue weighted by Gasteiger charge is -2.38. The van der Waals surface area contributed by atoms with Gasteiger partial charge in [-0.2, -0.15) is 0 Å². The van der Waals surface area contributed by atoms with E-state index < -0.39 is 5.97 Å². The molecule has 1 fully saturated rings. The van der Waals surface area contributed by atoms with Crippen LogP contribution in [0.4, 0.5) is 0 Å². The summed E-state index contributed by atoms with van der Waals surface area (Å²) < 4.78 is 0. The van der Waals surface area contributed by atoms with Crippen LogP contribution in [-0.4, -0.2) is 29.1 Å². The summed E-state index contributed by atoms with van der Waals surface area (Å²) >= 11 is 0. The third-order valence-electron chi connectivity index (χ3n) is 4.51. The molecule has 0 spiro atoms. The molecule has 0 saturated heterocycles. The maximum atomic E-state index is 11.4. The van der Waals surface area contributed by atoms with E-state index >= 15 is 0 Å². The van der Waals surface area contributed by atoms with Gasteiger partial charge < -0.3 is 5.11 Å². The lowest BCUT2D eigenvalue weighted by Crippen LogP contribution is -2.44. The van der Waals surface area contributed by atoms with Crippen LogP contribution in [0, 0.1) is 18.8 Å². The lowest BCUT2D eigenvalue weighted by atomic mass is 9.78.